The highest BCUT2D eigenvalue weighted by atomic mass is 32.2. The van der Waals surface area contributed by atoms with Crippen molar-refractivity contribution in [3.63, 3.8) is 0 Å². The van der Waals surface area contributed by atoms with E-state index < -0.39 is 16.3 Å². The van der Waals surface area contributed by atoms with Crippen molar-refractivity contribution in [2.75, 3.05) is 14.2 Å². The van der Waals surface area contributed by atoms with Crippen molar-refractivity contribution in [1.82, 2.24) is 4.90 Å². The number of hydrogen-bond acceptors (Lipinski definition) is 4. The number of nitrogens with zero attached hydrogens (tertiary/aromatic N) is 1. The van der Waals surface area contributed by atoms with E-state index in [1.165, 1.54) is 11.5 Å². The van der Waals surface area contributed by atoms with Gasteiger partial charge in [0.1, 0.15) is 11.5 Å². The Kier molecular flexibility index (Phi) is 7.40. The van der Waals surface area contributed by atoms with E-state index in [2.05, 4.69) is 0 Å². The van der Waals surface area contributed by atoms with Gasteiger partial charge in [-0.1, -0.05) is 18.2 Å². The van der Waals surface area contributed by atoms with E-state index in [1.54, 1.807) is 37.3 Å². The first-order chi connectivity index (χ1) is 13.2. The highest BCUT2D eigenvalue weighted by Crippen LogP contribution is 2.26. The van der Waals surface area contributed by atoms with Gasteiger partial charge in [0.15, 0.2) is 0 Å². The second-order valence-electron chi connectivity index (χ2n) is 7.23. The Labute approximate surface area is 169 Å². The van der Waals surface area contributed by atoms with Crippen molar-refractivity contribution in [3.8, 4) is 11.5 Å². The first-order valence-electron chi connectivity index (χ1n) is 8.92. The van der Waals surface area contributed by atoms with E-state index in [0.717, 1.165) is 5.56 Å². The van der Waals surface area contributed by atoms with Crippen LogP contribution in [0.5, 0.6) is 11.5 Å². The van der Waals surface area contributed by atoms with Gasteiger partial charge >= 0.3 is 0 Å². The molecule has 0 radical (unpaired) electrons. The molecule has 28 heavy (non-hydrogen) atoms. The van der Waals surface area contributed by atoms with Gasteiger partial charge < -0.3 is 14.4 Å². The molecular formula is C22H27NO4S. The van der Waals surface area contributed by atoms with Crippen LogP contribution in [0.4, 0.5) is 0 Å². The van der Waals surface area contributed by atoms with Crippen LogP contribution in [0.3, 0.4) is 0 Å². The highest BCUT2D eigenvalue weighted by molar-refractivity contribution is 7.88. The molecule has 0 saturated carbocycles. The predicted octanol–water partition coefficient (Wildman–Crippen LogP) is 4.15. The molecule has 0 fully saturated rings. The second kappa shape index (κ2) is 9.55. The summed E-state index contributed by atoms with van der Waals surface area (Å²) in [5, 5.41) is 1.43. The molecule has 0 saturated heterocycles. The lowest BCUT2D eigenvalue weighted by atomic mass is 10.0. The zero-order valence-corrected chi connectivity index (χ0v) is 17.8. The summed E-state index contributed by atoms with van der Waals surface area (Å²) in [5.41, 5.74) is 0.462. The third-order valence-electron chi connectivity index (χ3n) is 4.14. The number of rotatable bonds is 7. The van der Waals surface area contributed by atoms with Gasteiger partial charge in [-0.3, -0.25) is 4.79 Å². The highest BCUT2D eigenvalue weighted by Gasteiger charge is 2.25. The number of methoxy groups -OCH3 is 2. The number of carbonyl (C=O) groups is 1. The van der Waals surface area contributed by atoms with E-state index in [1.807, 2.05) is 51.1 Å². The Bertz CT molecular complexity index is 834. The van der Waals surface area contributed by atoms with Crippen molar-refractivity contribution < 1.29 is 18.5 Å². The fourth-order valence-corrected chi connectivity index (χ4v) is 3.45. The van der Waals surface area contributed by atoms with Gasteiger partial charge in [0.05, 0.1) is 25.0 Å². The van der Waals surface area contributed by atoms with Crippen molar-refractivity contribution in [2.45, 2.75) is 37.8 Å². The Morgan fingerprint density at radius 2 is 1.61 bits per heavy atom. The van der Waals surface area contributed by atoms with Crippen LogP contribution in [0, 0.1) is 0 Å². The SMILES string of the molecule is COc1cc(CN(C(=O)/C=C\S(=O)c2ccccc2)C(C)(C)C)cc(OC)c1. The first-order valence-corrected chi connectivity index (χ1v) is 10.1. The molecule has 0 aliphatic rings. The van der Waals surface area contributed by atoms with Crippen LogP contribution in [-0.2, 0) is 22.1 Å². The van der Waals surface area contributed by atoms with E-state index in [-0.39, 0.29) is 5.91 Å². The van der Waals surface area contributed by atoms with E-state index >= 15 is 0 Å². The molecule has 0 bridgehead atoms. The molecule has 2 aromatic carbocycles. The fraction of sp³-hybridized carbons (Fsp3) is 0.318. The summed E-state index contributed by atoms with van der Waals surface area (Å²) in [5.74, 6) is 1.12. The average molecular weight is 402 g/mol. The van der Waals surface area contributed by atoms with Gasteiger partial charge in [0.2, 0.25) is 5.91 Å². The van der Waals surface area contributed by atoms with Crippen LogP contribution in [0.25, 0.3) is 0 Å². The maximum atomic E-state index is 12.9. The maximum absolute atomic E-state index is 12.9. The van der Waals surface area contributed by atoms with Crippen LogP contribution in [0.15, 0.2) is 64.9 Å². The van der Waals surface area contributed by atoms with Crippen LogP contribution >= 0.6 is 0 Å². The van der Waals surface area contributed by atoms with Crippen LogP contribution in [0.2, 0.25) is 0 Å². The smallest absolute Gasteiger partial charge is 0.247 e. The Morgan fingerprint density at radius 1 is 1.04 bits per heavy atom. The summed E-state index contributed by atoms with van der Waals surface area (Å²) in [6.07, 6.45) is 1.38. The molecule has 5 nitrogen and oxygen atoms in total. The molecule has 6 heteroatoms. The van der Waals surface area contributed by atoms with Crippen LogP contribution in [-0.4, -0.2) is 34.8 Å². The molecule has 0 aromatic heterocycles. The number of ether oxygens (including phenoxy) is 2. The quantitative estimate of drug-likeness (QED) is 0.654. The minimum Gasteiger partial charge on any atom is -0.497 e. The molecule has 2 aromatic rings. The monoisotopic (exact) mass is 401 g/mol. The van der Waals surface area contributed by atoms with E-state index in [4.69, 9.17) is 9.47 Å². The van der Waals surface area contributed by atoms with E-state index in [9.17, 15) is 9.00 Å². The fourth-order valence-electron chi connectivity index (χ4n) is 2.63. The van der Waals surface area contributed by atoms with Crippen molar-refractivity contribution >= 4 is 16.7 Å². The molecule has 1 amide bonds. The van der Waals surface area contributed by atoms with Crippen molar-refractivity contribution in [2.24, 2.45) is 0 Å². The summed E-state index contributed by atoms with van der Waals surface area (Å²) in [6, 6.07) is 14.6. The summed E-state index contributed by atoms with van der Waals surface area (Å²) >= 11 is 0. The molecule has 0 spiro atoms. The number of benzene rings is 2. The minimum atomic E-state index is -1.37. The molecular weight excluding hydrogens is 374 g/mol. The normalized spacial score (nSPS) is 12.6. The molecule has 2 rings (SSSR count). The van der Waals surface area contributed by atoms with Gasteiger partial charge in [-0.2, -0.15) is 0 Å². The topological polar surface area (TPSA) is 55.8 Å². The van der Waals surface area contributed by atoms with Gasteiger partial charge in [-0.25, -0.2) is 4.21 Å². The lowest BCUT2D eigenvalue weighted by molar-refractivity contribution is -0.131. The van der Waals surface area contributed by atoms with Crippen LogP contribution in [0.1, 0.15) is 26.3 Å². The summed E-state index contributed by atoms with van der Waals surface area (Å²) in [4.78, 5) is 15.3. The largest absolute Gasteiger partial charge is 0.497 e. The maximum Gasteiger partial charge on any atom is 0.247 e. The lowest BCUT2D eigenvalue weighted by Crippen LogP contribution is -2.44. The zero-order chi connectivity index (χ0) is 20.7. The number of hydrogen-bond donors (Lipinski definition) is 0. The summed E-state index contributed by atoms with van der Waals surface area (Å²) in [6.45, 7) is 6.26. The second-order valence-corrected chi connectivity index (χ2v) is 8.57. The molecule has 0 N–H and O–H groups in total. The lowest BCUT2D eigenvalue weighted by Gasteiger charge is -2.35. The number of carbonyl (C=O) groups excluding carboxylic acids is 1. The van der Waals surface area contributed by atoms with Gasteiger partial charge in [-0.05, 0) is 50.6 Å². The molecule has 0 aliphatic carbocycles. The van der Waals surface area contributed by atoms with Gasteiger partial charge in [0, 0.05) is 34.5 Å². The third kappa shape index (κ3) is 5.96. The molecule has 0 aliphatic heterocycles. The molecule has 150 valence electrons. The average Bonchev–Trinajstić information content (AvgIpc) is 2.69. The third-order valence-corrected chi connectivity index (χ3v) is 5.26. The van der Waals surface area contributed by atoms with Gasteiger partial charge in [0.25, 0.3) is 0 Å². The standard InChI is InChI=1S/C22H27NO4S/c1-22(2,3)23(16-17-13-18(26-4)15-19(14-17)27-5)21(24)11-12-28(25)20-9-7-6-8-10-20/h6-15H,16H2,1-5H3/b12-11-. The minimum absolute atomic E-state index is 0.210. The number of amides is 1. The molecule has 1 unspecified atom stereocenters. The predicted molar refractivity (Wildman–Crippen MR) is 112 cm³/mol. The summed E-state index contributed by atoms with van der Waals surface area (Å²) < 4.78 is 23.0. The van der Waals surface area contributed by atoms with Crippen LogP contribution < -0.4 is 9.47 Å². The van der Waals surface area contributed by atoms with Gasteiger partial charge in [-0.15, -0.1) is 0 Å². The molecule has 0 heterocycles. The zero-order valence-electron chi connectivity index (χ0n) is 17.0. The summed E-state index contributed by atoms with van der Waals surface area (Å²) in [7, 11) is 1.81. The molecule has 1 atom stereocenters. The Morgan fingerprint density at radius 3 is 2.11 bits per heavy atom. The Balaban J connectivity index is 2.23. The van der Waals surface area contributed by atoms with Crippen molar-refractivity contribution in [3.05, 3.63) is 65.6 Å². The Hall–Kier alpha value is -2.60. The first kappa shape index (κ1) is 21.7. The van der Waals surface area contributed by atoms with E-state index in [0.29, 0.717) is 22.9 Å². The van der Waals surface area contributed by atoms with Crippen molar-refractivity contribution in [1.29, 1.82) is 0 Å².